The van der Waals surface area contributed by atoms with Crippen molar-refractivity contribution in [1.82, 2.24) is 10.2 Å². The third-order valence-electron chi connectivity index (χ3n) is 4.30. The maximum absolute atomic E-state index is 13.9. The summed E-state index contributed by atoms with van der Waals surface area (Å²) in [7, 11) is 0. The number of hydrogen-bond acceptors (Lipinski definition) is 2. The summed E-state index contributed by atoms with van der Waals surface area (Å²) in [6, 6.07) is 4.91. The lowest BCUT2D eigenvalue weighted by molar-refractivity contribution is 0.109. The van der Waals surface area contributed by atoms with Crippen molar-refractivity contribution < 1.29 is 8.78 Å². The summed E-state index contributed by atoms with van der Waals surface area (Å²) in [6.45, 7) is 6.46. The molecule has 0 aliphatic carbocycles. The van der Waals surface area contributed by atoms with E-state index in [9.17, 15) is 8.78 Å². The van der Waals surface area contributed by atoms with Gasteiger partial charge in [-0.2, -0.15) is 0 Å². The Morgan fingerprint density at radius 2 is 1.81 bits per heavy atom. The Bertz CT molecular complexity index is 430. The minimum atomic E-state index is -0.434. The van der Waals surface area contributed by atoms with Gasteiger partial charge < -0.3 is 5.32 Å². The van der Waals surface area contributed by atoms with Crippen molar-refractivity contribution in [2.75, 3.05) is 13.1 Å². The van der Waals surface area contributed by atoms with Crippen LogP contribution >= 0.6 is 0 Å². The Hall–Kier alpha value is -1.00. The summed E-state index contributed by atoms with van der Waals surface area (Å²) in [4.78, 5) is 2.25. The zero-order chi connectivity index (χ0) is 15.2. The van der Waals surface area contributed by atoms with Gasteiger partial charge in [0.2, 0.25) is 0 Å². The van der Waals surface area contributed by atoms with Gasteiger partial charge in [0.25, 0.3) is 0 Å². The molecule has 1 saturated heterocycles. The third kappa shape index (κ3) is 4.24. The molecule has 1 aliphatic rings. The van der Waals surface area contributed by atoms with Gasteiger partial charge in [-0.05, 0) is 25.0 Å². The van der Waals surface area contributed by atoms with E-state index in [4.69, 9.17) is 0 Å². The number of nitrogens with zero attached hydrogens (tertiary/aromatic N) is 1. The van der Waals surface area contributed by atoms with Gasteiger partial charge in [0.05, 0.1) is 0 Å². The van der Waals surface area contributed by atoms with Crippen LogP contribution in [0.15, 0.2) is 18.2 Å². The van der Waals surface area contributed by atoms with Crippen LogP contribution in [-0.4, -0.2) is 30.1 Å². The average Bonchev–Trinajstić information content (AvgIpc) is 2.46. The van der Waals surface area contributed by atoms with Crippen LogP contribution in [0.4, 0.5) is 8.78 Å². The molecular weight excluding hydrogens is 270 g/mol. The van der Waals surface area contributed by atoms with Crippen molar-refractivity contribution in [1.29, 1.82) is 0 Å². The fourth-order valence-corrected chi connectivity index (χ4v) is 3.17. The van der Waals surface area contributed by atoms with Crippen LogP contribution in [0.5, 0.6) is 0 Å². The number of nitrogens with one attached hydrogen (secondary N) is 1. The van der Waals surface area contributed by atoms with Gasteiger partial charge in [-0.15, -0.1) is 0 Å². The second-order valence-electron chi connectivity index (χ2n) is 5.97. The monoisotopic (exact) mass is 296 g/mol. The molecule has 4 heteroatoms. The molecule has 0 saturated carbocycles. The molecule has 2 atom stereocenters. The fraction of sp³-hybridized carbons (Fsp3) is 0.647. The molecular formula is C17H26F2N2. The SMILES string of the molecule is CCCC1CN(Cc2c(F)cccc2F)C(CCC)CN1. The molecule has 1 aliphatic heterocycles. The Labute approximate surface area is 126 Å². The highest BCUT2D eigenvalue weighted by Crippen LogP contribution is 2.21. The molecule has 0 radical (unpaired) electrons. The molecule has 118 valence electrons. The average molecular weight is 296 g/mol. The normalized spacial score (nSPS) is 23.4. The van der Waals surface area contributed by atoms with Crippen molar-refractivity contribution in [2.24, 2.45) is 0 Å². The molecule has 2 nitrogen and oxygen atoms in total. The predicted molar refractivity (Wildman–Crippen MR) is 82.2 cm³/mol. The van der Waals surface area contributed by atoms with E-state index in [0.717, 1.165) is 38.8 Å². The smallest absolute Gasteiger partial charge is 0.130 e. The summed E-state index contributed by atoms with van der Waals surface area (Å²) in [5, 5.41) is 3.57. The van der Waals surface area contributed by atoms with Crippen LogP contribution in [0.1, 0.15) is 45.1 Å². The Kier molecular flexibility index (Phi) is 6.12. The van der Waals surface area contributed by atoms with Crippen LogP contribution in [0.25, 0.3) is 0 Å². The minimum Gasteiger partial charge on any atom is -0.311 e. The lowest BCUT2D eigenvalue weighted by Gasteiger charge is -2.40. The van der Waals surface area contributed by atoms with E-state index < -0.39 is 11.6 Å². The topological polar surface area (TPSA) is 15.3 Å². The van der Waals surface area contributed by atoms with E-state index in [0.29, 0.717) is 18.6 Å². The minimum absolute atomic E-state index is 0.204. The molecule has 2 unspecified atom stereocenters. The molecule has 2 rings (SSSR count). The first-order valence-electron chi connectivity index (χ1n) is 8.06. The molecule has 0 aromatic heterocycles. The van der Waals surface area contributed by atoms with Crippen molar-refractivity contribution in [3.8, 4) is 0 Å². The summed E-state index contributed by atoms with van der Waals surface area (Å²) in [6.07, 6.45) is 4.37. The van der Waals surface area contributed by atoms with Crippen LogP contribution in [-0.2, 0) is 6.54 Å². The molecule has 1 aromatic carbocycles. The molecule has 1 heterocycles. The first-order valence-corrected chi connectivity index (χ1v) is 8.06. The standard InChI is InChI=1S/C17H26F2N2/c1-3-6-13-11-21(14(7-4-2)10-20-13)12-15-16(18)8-5-9-17(15)19/h5,8-9,13-14,20H,3-4,6-7,10-12H2,1-2H3. The maximum Gasteiger partial charge on any atom is 0.130 e. The van der Waals surface area contributed by atoms with Crippen molar-refractivity contribution in [3.05, 3.63) is 35.4 Å². The molecule has 1 N–H and O–H groups in total. The van der Waals surface area contributed by atoms with Crippen LogP contribution in [0.3, 0.4) is 0 Å². The van der Waals surface area contributed by atoms with E-state index in [-0.39, 0.29) is 5.56 Å². The lowest BCUT2D eigenvalue weighted by atomic mass is 10.0. The van der Waals surface area contributed by atoms with Gasteiger partial charge in [0, 0.05) is 37.3 Å². The van der Waals surface area contributed by atoms with E-state index in [1.807, 2.05) is 0 Å². The molecule has 0 bridgehead atoms. The van der Waals surface area contributed by atoms with Crippen molar-refractivity contribution >= 4 is 0 Å². The van der Waals surface area contributed by atoms with Gasteiger partial charge in [-0.25, -0.2) is 8.78 Å². The van der Waals surface area contributed by atoms with Crippen LogP contribution in [0, 0.1) is 11.6 Å². The van der Waals surface area contributed by atoms with Crippen molar-refractivity contribution in [3.63, 3.8) is 0 Å². The zero-order valence-electron chi connectivity index (χ0n) is 13.0. The zero-order valence-corrected chi connectivity index (χ0v) is 13.0. The van der Waals surface area contributed by atoms with Gasteiger partial charge in [-0.3, -0.25) is 4.90 Å². The van der Waals surface area contributed by atoms with E-state index in [1.165, 1.54) is 18.2 Å². The van der Waals surface area contributed by atoms with E-state index in [2.05, 4.69) is 24.1 Å². The largest absolute Gasteiger partial charge is 0.311 e. The maximum atomic E-state index is 13.9. The highest BCUT2D eigenvalue weighted by Gasteiger charge is 2.28. The Morgan fingerprint density at radius 1 is 1.14 bits per heavy atom. The number of rotatable bonds is 6. The molecule has 0 spiro atoms. The van der Waals surface area contributed by atoms with E-state index in [1.54, 1.807) is 0 Å². The highest BCUT2D eigenvalue weighted by atomic mass is 19.1. The quantitative estimate of drug-likeness (QED) is 0.861. The number of hydrogen-bond donors (Lipinski definition) is 1. The summed E-state index contributed by atoms with van der Waals surface area (Å²) in [5.41, 5.74) is 0.204. The van der Waals surface area contributed by atoms with Crippen LogP contribution in [0.2, 0.25) is 0 Å². The van der Waals surface area contributed by atoms with E-state index >= 15 is 0 Å². The fourth-order valence-electron chi connectivity index (χ4n) is 3.17. The summed E-state index contributed by atoms with van der Waals surface area (Å²) >= 11 is 0. The summed E-state index contributed by atoms with van der Waals surface area (Å²) < 4.78 is 27.8. The number of halogens is 2. The third-order valence-corrected chi connectivity index (χ3v) is 4.30. The number of piperazine rings is 1. The first kappa shape index (κ1) is 16.4. The Morgan fingerprint density at radius 3 is 2.43 bits per heavy atom. The predicted octanol–water partition coefficient (Wildman–Crippen LogP) is 3.71. The molecule has 1 aromatic rings. The Balaban J connectivity index is 2.12. The number of benzene rings is 1. The first-order chi connectivity index (χ1) is 10.2. The van der Waals surface area contributed by atoms with Gasteiger partial charge >= 0.3 is 0 Å². The molecule has 0 amide bonds. The lowest BCUT2D eigenvalue weighted by Crippen LogP contribution is -2.56. The van der Waals surface area contributed by atoms with Gasteiger partial charge in [0.1, 0.15) is 11.6 Å². The van der Waals surface area contributed by atoms with Gasteiger partial charge in [0.15, 0.2) is 0 Å². The van der Waals surface area contributed by atoms with Crippen molar-refractivity contribution in [2.45, 2.75) is 58.2 Å². The second-order valence-corrected chi connectivity index (χ2v) is 5.97. The molecule has 21 heavy (non-hydrogen) atoms. The van der Waals surface area contributed by atoms with Crippen LogP contribution < -0.4 is 5.32 Å². The molecule has 1 fully saturated rings. The second kappa shape index (κ2) is 7.85. The van der Waals surface area contributed by atoms with Gasteiger partial charge in [-0.1, -0.05) is 32.8 Å². The highest BCUT2D eigenvalue weighted by molar-refractivity contribution is 5.19. The summed E-state index contributed by atoms with van der Waals surface area (Å²) in [5.74, 6) is -0.869.